The number of thiophene rings is 1. The quantitative estimate of drug-likeness (QED) is 0.778. The first kappa shape index (κ1) is 18.5. The lowest BCUT2D eigenvalue weighted by atomic mass is 9.90. The highest BCUT2D eigenvalue weighted by Gasteiger charge is 2.34. The summed E-state index contributed by atoms with van der Waals surface area (Å²) in [5.41, 5.74) is 5.93. The number of amides is 1. The number of likely N-dealkylation sites (tertiary alicyclic amines) is 1. The molecule has 2 rings (SSSR count). The molecule has 0 spiro atoms. The average molecular weight is 331 g/mol. The maximum atomic E-state index is 12.1. The van der Waals surface area contributed by atoms with E-state index in [1.165, 1.54) is 11.3 Å². The van der Waals surface area contributed by atoms with Crippen LogP contribution in [0.5, 0.6) is 0 Å². The van der Waals surface area contributed by atoms with Crippen LogP contribution in [0.15, 0.2) is 17.5 Å². The highest BCUT2D eigenvalue weighted by molar-refractivity contribution is 7.09. The smallest absolute Gasteiger partial charge is 0.222 e. The summed E-state index contributed by atoms with van der Waals surface area (Å²) in [6, 6.07) is 4.29. The largest absolute Gasteiger partial charge is 0.342 e. The predicted octanol–water partition coefficient (Wildman–Crippen LogP) is 3.47. The first-order valence-electron chi connectivity index (χ1n) is 7.63. The third-order valence-corrected chi connectivity index (χ3v) is 5.23. The Balaban J connectivity index is 0.00000220. The number of hydrogen-bond donors (Lipinski definition) is 1. The molecule has 5 heteroatoms. The molecule has 3 nitrogen and oxygen atoms in total. The highest BCUT2D eigenvalue weighted by Crippen LogP contribution is 2.29. The molecule has 1 saturated heterocycles. The topological polar surface area (TPSA) is 46.3 Å². The molecular weight excluding hydrogens is 304 g/mol. The lowest BCUT2D eigenvalue weighted by molar-refractivity contribution is -0.130. The molecular formula is C16H27ClN2OS. The molecule has 2 heterocycles. The van der Waals surface area contributed by atoms with E-state index in [-0.39, 0.29) is 17.8 Å². The van der Waals surface area contributed by atoms with Gasteiger partial charge in [-0.1, -0.05) is 19.4 Å². The number of rotatable bonds is 7. The van der Waals surface area contributed by atoms with Gasteiger partial charge >= 0.3 is 0 Å². The van der Waals surface area contributed by atoms with Gasteiger partial charge in [-0.15, -0.1) is 23.7 Å². The molecule has 21 heavy (non-hydrogen) atoms. The Labute approximate surface area is 138 Å². The van der Waals surface area contributed by atoms with Crippen molar-refractivity contribution < 1.29 is 4.79 Å². The molecule has 2 N–H and O–H groups in total. The van der Waals surface area contributed by atoms with Crippen molar-refractivity contribution in [2.24, 2.45) is 11.1 Å². The highest BCUT2D eigenvalue weighted by atomic mass is 35.5. The van der Waals surface area contributed by atoms with E-state index in [0.717, 1.165) is 38.8 Å². The lowest BCUT2D eigenvalue weighted by Gasteiger charge is -2.22. The second-order valence-corrected chi connectivity index (χ2v) is 7.25. The van der Waals surface area contributed by atoms with Crippen LogP contribution in [-0.2, 0) is 11.2 Å². The van der Waals surface area contributed by atoms with Crippen molar-refractivity contribution in [1.29, 1.82) is 0 Å². The zero-order valence-electron chi connectivity index (χ0n) is 12.8. The average Bonchev–Trinajstić information content (AvgIpc) is 3.08. The van der Waals surface area contributed by atoms with Crippen LogP contribution >= 0.6 is 23.7 Å². The van der Waals surface area contributed by atoms with Crippen LogP contribution in [0.4, 0.5) is 0 Å². The van der Waals surface area contributed by atoms with Crippen LogP contribution in [-0.4, -0.2) is 30.4 Å². The fourth-order valence-corrected chi connectivity index (χ4v) is 3.52. The molecule has 1 aliphatic rings. The van der Waals surface area contributed by atoms with Gasteiger partial charge in [0.1, 0.15) is 0 Å². The van der Waals surface area contributed by atoms with E-state index in [1.807, 2.05) is 16.2 Å². The number of carbonyl (C=O) groups is 1. The summed E-state index contributed by atoms with van der Waals surface area (Å²) in [5, 5.41) is 2.13. The number of halogens is 1. The van der Waals surface area contributed by atoms with Gasteiger partial charge in [0.05, 0.1) is 0 Å². The number of nitrogens with two attached hydrogens (primary N) is 1. The Morgan fingerprint density at radius 3 is 2.86 bits per heavy atom. The SMILES string of the molecule is CC1(CN)CCN(C(=O)CCCCCc2cccs2)C1.Cl. The standard InChI is InChI=1S/C16H26N2OS.ClH/c1-16(12-17)9-10-18(13-16)15(19)8-4-2-3-6-14-7-5-11-20-14;/h5,7,11H,2-4,6,8-10,12-13,17H2,1H3;1H. The van der Waals surface area contributed by atoms with Gasteiger partial charge in [-0.2, -0.15) is 0 Å². The molecule has 1 aromatic rings. The van der Waals surface area contributed by atoms with E-state index in [9.17, 15) is 4.79 Å². The maximum Gasteiger partial charge on any atom is 0.222 e. The summed E-state index contributed by atoms with van der Waals surface area (Å²) in [5.74, 6) is 0.318. The number of hydrogen-bond acceptors (Lipinski definition) is 3. The number of carbonyl (C=O) groups excluding carboxylic acids is 1. The minimum absolute atomic E-state index is 0. The summed E-state index contributed by atoms with van der Waals surface area (Å²) in [4.78, 5) is 15.6. The van der Waals surface area contributed by atoms with Crippen LogP contribution in [0, 0.1) is 5.41 Å². The van der Waals surface area contributed by atoms with Crippen LogP contribution in [0.2, 0.25) is 0 Å². The molecule has 1 aromatic heterocycles. The normalized spacial score (nSPS) is 21.3. The van der Waals surface area contributed by atoms with E-state index in [4.69, 9.17) is 5.73 Å². The van der Waals surface area contributed by atoms with Gasteiger partial charge in [0.25, 0.3) is 0 Å². The third kappa shape index (κ3) is 5.61. The maximum absolute atomic E-state index is 12.1. The van der Waals surface area contributed by atoms with E-state index in [0.29, 0.717) is 18.9 Å². The Morgan fingerprint density at radius 1 is 1.43 bits per heavy atom. The van der Waals surface area contributed by atoms with Gasteiger partial charge in [-0.3, -0.25) is 4.79 Å². The van der Waals surface area contributed by atoms with Crippen molar-refractivity contribution in [2.45, 2.75) is 45.4 Å². The number of unbranched alkanes of at least 4 members (excludes halogenated alkanes) is 2. The molecule has 0 bridgehead atoms. The van der Waals surface area contributed by atoms with Crippen LogP contribution in [0.3, 0.4) is 0 Å². The molecule has 1 amide bonds. The van der Waals surface area contributed by atoms with Gasteiger partial charge in [0.15, 0.2) is 0 Å². The van der Waals surface area contributed by atoms with Crippen LogP contribution < -0.4 is 5.73 Å². The molecule has 1 fully saturated rings. The van der Waals surface area contributed by atoms with E-state index in [2.05, 4.69) is 24.4 Å². The Hall–Kier alpha value is -0.580. The minimum Gasteiger partial charge on any atom is -0.342 e. The Kier molecular flexibility index (Phi) is 7.71. The first-order valence-corrected chi connectivity index (χ1v) is 8.51. The van der Waals surface area contributed by atoms with E-state index < -0.39 is 0 Å². The molecule has 0 aromatic carbocycles. The van der Waals surface area contributed by atoms with Gasteiger partial charge in [-0.25, -0.2) is 0 Å². The number of aryl methyl sites for hydroxylation is 1. The van der Waals surface area contributed by atoms with Crippen molar-refractivity contribution in [3.8, 4) is 0 Å². The molecule has 1 atom stereocenters. The van der Waals surface area contributed by atoms with Crippen molar-refractivity contribution in [3.05, 3.63) is 22.4 Å². The fourth-order valence-electron chi connectivity index (χ4n) is 2.77. The zero-order chi connectivity index (χ0) is 14.4. The second-order valence-electron chi connectivity index (χ2n) is 6.22. The second kappa shape index (κ2) is 8.76. The van der Waals surface area contributed by atoms with Crippen molar-refractivity contribution >= 4 is 29.7 Å². The fraction of sp³-hybridized carbons (Fsp3) is 0.688. The van der Waals surface area contributed by atoms with E-state index in [1.54, 1.807) is 0 Å². The van der Waals surface area contributed by atoms with Gasteiger partial charge < -0.3 is 10.6 Å². The third-order valence-electron chi connectivity index (χ3n) is 4.30. The van der Waals surface area contributed by atoms with Crippen LogP contribution in [0.25, 0.3) is 0 Å². The van der Waals surface area contributed by atoms with Gasteiger partial charge in [0.2, 0.25) is 5.91 Å². The summed E-state index contributed by atoms with van der Waals surface area (Å²) in [6.45, 7) is 4.60. The van der Waals surface area contributed by atoms with E-state index >= 15 is 0 Å². The predicted molar refractivity (Wildman–Crippen MR) is 92.1 cm³/mol. The summed E-state index contributed by atoms with van der Waals surface area (Å²) in [7, 11) is 0. The first-order chi connectivity index (χ1) is 9.63. The van der Waals surface area contributed by atoms with Gasteiger partial charge in [-0.05, 0) is 49.1 Å². The van der Waals surface area contributed by atoms with Gasteiger partial charge in [0, 0.05) is 24.4 Å². The molecule has 0 saturated carbocycles. The zero-order valence-corrected chi connectivity index (χ0v) is 14.5. The monoisotopic (exact) mass is 330 g/mol. The Bertz CT molecular complexity index is 424. The van der Waals surface area contributed by atoms with Crippen molar-refractivity contribution in [1.82, 2.24) is 4.90 Å². The molecule has 1 aliphatic heterocycles. The molecule has 120 valence electrons. The van der Waals surface area contributed by atoms with Crippen molar-refractivity contribution in [2.75, 3.05) is 19.6 Å². The molecule has 1 unspecified atom stereocenters. The lowest BCUT2D eigenvalue weighted by Crippen LogP contribution is -2.34. The summed E-state index contributed by atoms with van der Waals surface area (Å²) >= 11 is 1.82. The summed E-state index contributed by atoms with van der Waals surface area (Å²) < 4.78 is 0. The molecule has 0 aliphatic carbocycles. The summed E-state index contributed by atoms with van der Waals surface area (Å²) in [6.07, 6.45) is 6.25. The Morgan fingerprint density at radius 2 is 2.24 bits per heavy atom. The molecule has 0 radical (unpaired) electrons. The minimum atomic E-state index is 0. The van der Waals surface area contributed by atoms with Crippen molar-refractivity contribution in [3.63, 3.8) is 0 Å². The number of nitrogens with zero attached hydrogens (tertiary/aromatic N) is 1. The van der Waals surface area contributed by atoms with Crippen LogP contribution in [0.1, 0.15) is 43.9 Å².